The molecule has 0 radical (unpaired) electrons. The minimum atomic E-state index is -0.623. The first-order chi connectivity index (χ1) is 7.11. The first-order valence-electron chi connectivity index (χ1n) is 3.90. The molecule has 0 aromatic carbocycles. The fourth-order valence-electron chi connectivity index (χ4n) is 0.769. The van der Waals surface area contributed by atoms with Gasteiger partial charge in [-0.15, -0.1) is 0 Å². The van der Waals surface area contributed by atoms with Gasteiger partial charge in [0.15, 0.2) is 5.11 Å². The summed E-state index contributed by atoms with van der Waals surface area (Å²) < 4.78 is 5.05. The lowest BCUT2D eigenvalue weighted by molar-refractivity contribution is 0.177. The van der Waals surface area contributed by atoms with Crippen molar-refractivity contribution in [1.29, 1.82) is 0 Å². The van der Waals surface area contributed by atoms with E-state index in [1.807, 2.05) is 0 Å². The number of anilines is 1. The summed E-state index contributed by atoms with van der Waals surface area (Å²) in [4.78, 5) is 14.9. The van der Waals surface area contributed by atoms with Gasteiger partial charge in [0, 0.05) is 0 Å². The second kappa shape index (κ2) is 5.62. The van der Waals surface area contributed by atoms with E-state index in [1.165, 1.54) is 7.11 Å². The first kappa shape index (κ1) is 11.9. The highest BCUT2D eigenvalue weighted by molar-refractivity contribution is 9.10. The second-order valence-corrected chi connectivity index (χ2v) is 3.64. The van der Waals surface area contributed by atoms with Gasteiger partial charge in [-0.25, -0.2) is 9.78 Å². The summed E-state index contributed by atoms with van der Waals surface area (Å²) in [7, 11) is 1.26. The Morgan fingerprint density at radius 3 is 2.93 bits per heavy atom. The van der Waals surface area contributed by atoms with Crippen LogP contribution in [0.3, 0.4) is 0 Å². The molecule has 0 fully saturated rings. The lowest BCUT2D eigenvalue weighted by atomic mass is 10.5. The van der Waals surface area contributed by atoms with Gasteiger partial charge in [0.2, 0.25) is 0 Å². The fourth-order valence-corrected chi connectivity index (χ4v) is 1.30. The Labute approximate surface area is 100 Å². The number of alkyl carbamates (subject to hydrolysis) is 1. The highest BCUT2D eigenvalue weighted by Crippen LogP contribution is 2.09. The Kier molecular flexibility index (Phi) is 4.44. The van der Waals surface area contributed by atoms with Crippen molar-refractivity contribution < 1.29 is 9.53 Å². The smallest absolute Gasteiger partial charge is 0.413 e. The number of hydrogen-bond acceptors (Lipinski definition) is 4. The van der Waals surface area contributed by atoms with E-state index in [4.69, 9.17) is 12.2 Å². The van der Waals surface area contributed by atoms with Crippen LogP contribution in [0.2, 0.25) is 0 Å². The van der Waals surface area contributed by atoms with Gasteiger partial charge < -0.3 is 10.1 Å². The van der Waals surface area contributed by atoms with E-state index in [1.54, 1.807) is 18.2 Å². The molecule has 0 saturated carbocycles. The van der Waals surface area contributed by atoms with Gasteiger partial charge in [0.05, 0.1) is 7.11 Å². The molecule has 15 heavy (non-hydrogen) atoms. The van der Waals surface area contributed by atoms with Crippen molar-refractivity contribution >= 4 is 45.2 Å². The fraction of sp³-hybridized carbons (Fsp3) is 0.125. The van der Waals surface area contributed by atoms with Crippen LogP contribution in [0.15, 0.2) is 22.8 Å². The maximum absolute atomic E-state index is 10.8. The molecule has 0 aliphatic rings. The molecule has 5 nitrogen and oxygen atoms in total. The average Bonchev–Trinajstić information content (AvgIpc) is 2.17. The van der Waals surface area contributed by atoms with E-state index in [9.17, 15) is 4.79 Å². The number of methoxy groups -OCH3 is 1. The molecular weight excluding hydrogens is 282 g/mol. The molecule has 0 spiro atoms. The number of nitrogens with one attached hydrogen (secondary N) is 2. The molecule has 0 atom stereocenters. The van der Waals surface area contributed by atoms with E-state index in [0.29, 0.717) is 10.4 Å². The number of aromatic nitrogens is 1. The van der Waals surface area contributed by atoms with Gasteiger partial charge in [-0.2, -0.15) is 0 Å². The van der Waals surface area contributed by atoms with Gasteiger partial charge in [0.25, 0.3) is 0 Å². The van der Waals surface area contributed by atoms with Crippen molar-refractivity contribution in [3.63, 3.8) is 0 Å². The summed E-state index contributed by atoms with van der Waals surface area (Å²) in [6.45, 7) is 0. The number of nitrogens with zero attached hydrogens (tertiary/aromatic N) is 1. The minimum Gasteiger partial charge on any atom is -0.453 e. The van der Waals surface area contributed by atoms with Crippen molar-refractivity contribution in [3.8, 4) is 0 Å². The molecule has 0 saturated heterocycles. The molecule has 0 unspecified atom stereocenters. The topological polar surface area (TPSA) is 63.2 Å². The summed E-state index contributed by atoms with van der Waals surface area (Å²) in [5, 5.41) is 5.16. The van der Waals surface area contributed by atoms with Crippen LogP contribution in [0.25, 0.3) is 0 Å². The summed E-state index contributed by atoms with van der Waals surface area (Å²) in [5.74, 6) is 0.533. The molecule has 1 amide bonds. The Hall–Kier alpha value is -1.21. The largest absolute Gasteiger partial charge is 0.453 e. The average molecular weight is 290 g/mol. The summed E-state index contributed by atoms with van der Waals surface area (Å²) in [6, 6.07) is 5.29. The monoisotopic (exact) mass is 289 g/mol. The van der Waals surface area contributed by atoms with Crippen LogP contribution in [0.1, 0.15) is 0 Å². The van der Waals surface area contributed by atoms with Gasteiger partial charge in [0.1, 0.15) is 10.4 Å². The molecule has 1 heterocycles. The lowest BCUT2D eigenvalue weighted by Crippen LogP contribution is -2.34. The highest BCUT2D eigenvalue weighted by Gasteiger charge is 2.03. The van der Waals surface area contributed by atoms with Crippen LogP contribution in [0.4, 0.5) is 10.6 Å². The number of carbonyl (C=O) groups excluding carboxylic acids is 1. The lowest BCUT2D eigenvalue weighted by Gasteiger charge is -2.07. The zero-order valence-electron chi connectivity index (χ0n) is 7.78. The van der Waals surface area contributed by atoms with E-state index < -0.39 is 6.09 Å². The number of halogens is 1. The van der Waals surface area contributed by atoms with Crippen LogP contribution < -0.4 is 10.6 Å². The zero-order valence-corrected chi connectivity index (χ0v) is 10.2. The number of ether oxygens (including phenoxy) is 1. The van der Waals surface area contributed by atoms with Crippen LogP contribution in [0.5, 0.6) is 0 Å². The third-order valence-corrected chi connectivity index (χ3v) is 2.00. The van der Waals surface area contributed by atoms with Crippen LogP contribution in [-0.2, 0) is 4.74 Å². The van der Waals surface area contributed by atoms with Crippen LogP contribution in [0, 0.1) is 0 Å². The minimum absolute atomic E-state index is 0.132. The Morgan fingerprint density at radius 2 is 2.33 bits per heavy atom. The highest BCUT2D eigenvalue weighted by atomic mass is 79.9. The second-order valence-electron chi connectivity index (χ2n) is 2.42. The van der Waals surface area contributed by atoms with E-state index in [0.717, 1.165) is 0 Å². The summed E-state index contributed by atoms with van der Waals surface area (Å²) in [6.07, 6.45) is -0.623. The SMILES string of the molecule is COC(=O)NC(=S)Nc1cccc(Br)n1. The van der Waals surface area contributed by atoms with Crippen molar-refractivity contribution in [2.75, 3.05) is 12.4 Å². The Balaban J connectivity index is 2.55. The van der Waals surface area contributed by atoms with E-state index >= 15 is 0 Å². The molecule has 1 aromatic heterocycles. The molecule has 7 heteroatoms. The number of thiocarbonyl (C=S) groups is 1. The maximum atomic E-state index is 10.8. The Morgan fingerprint density at radius 1 is 1.60 bits per heavy atom. The molecule has 0 bridgehead atoms. The number of carbonyl (C=O) groups is 1. The van der Waals surface area contributed by atoms with E-state index in [-0.39, 0.29) is 5.11 Å². The Bertz CT molecular complexity index is 386. The van der Waals surface area contributed by atoms with E-state index in [2.05, 4.69) is 36.3 Å². The normalized spacial score (nSPS) is 9.20. The van der Waals surface area contributed by atoms with Gasteiger partial charge in [-0.1, -0.05) is 6.07 Å². The standard InChI is InChI=1S/C8H8BrN3O2S/c1-14-8(13)12-7(15)11-6-4-2-3-5(9)10-6/h2-4H,1H3,(H2,10,11,12,13,15). The van der Waals surface area contributed by atoms with Crippen molar-refractivity contribution in [2.45, 2.75) is 0 Å². The predicted octanol–water partition coefficient (Wildman–Crippen LogP) is 1.90. The number of pyridine rings is 1. The molecule has 1 aromatic rings. The van der Waals surface area contributed by atoms with Crippen molar-refractivity contribution in [3.05, 3.63) is 22.8 Å². The number of rotatable bonds is 1. The quantitative estimate of drug-likeness (QED) is 0.611. The predicted molar refractivity (Wildman–Crippen MR) is 63.7 cm³/mol. The molecule has 0 aliphatic heterocycles. The summed E-state index contributed by atoms with van der Waals surface area (Å²) in [5.41, 5.74) is 0. The first-order valence-corrected chi connectivity index (χ1v) is 5.10. The van der Waals surface area contributed by atoms with Crippen LogP contribution in [-0.4, -0.2) is 23.3 Å². The molecule has 0 aliphatic carbocycles. The number of amides is 1. The maximum Gasteiger partial charge on any atom is 0.413 e. The summed E-state index contributed by atoms with van der Waals surface area (Å²) >= 11 is 8.05. The third-order valence-electron chi connectivity index (χ3n) is 1.36. The van der Waals surface area contributed by atoms with Gasteiger partial charge in [-0.05, 0) is 40.3 Å². The molecule has 80 valence electrons. The van der Waals surface area contributed by atoms with Crippen molar-refractivity contribution in [2.24, 2.45) is 0 Å². The van der Waals surface area contributed by atoms with Gasteiger partial charge >= 0.3 is 6.09 Å². The molecular formula is C8H8BrN3O2S. The molecule has 2 N–H and O–H groups in total. The molecule has 1 rings (SSSR count). The van der Waals surface area contributed by atoms with Gasteiger partial charge in [-0.3, -0.25) is 5.32 Å². The number of hydrogen-bond donors (Lipinski definition) is 2. The third kappa shape index (κ3) is 4.22. The zero-order chi connectivity index (χ0) is 11.3. The van der Waals surface area contributed by atoms with Crippen molar-refractivity contribution in [1.82, 2.24) is 10.3 Å². The van der Waals surface area contributed by atoms with Crippen LogP contribution >= 0.6 is 28.1 Å².